The third-order valence-electron chi connectivity index (χ3n) is 5.38. The number of methoxy groups -OCH3 is 1. The summed E-state index contributed by atoms with van der Waals surface area (Å²) in [7, 11) is 1.17. The van der Waals surface area contributed by atoms with E-state index in [-0.39, 0.29) is 0 Å². The number of esters is 1. The van der Waals surface area contributed by atoms with Crippen LogP contribution in [0, 0.1) is 6.92 Å². The molecule has 0 spiro atoms. The van der Waals surface area contributed by atoms with Gasteiger partial charge < -0.3 is 29.5 Å². The highest BCUT2D eigenvalue weighted by molar-refractivity contribution is 5.75. The molecule has 2 aromatic rings. The zero-order chi connectivity index (χ0) is 21.8. The van der Waals surface area contributed by atoms with Gasteiger partial charge in [-0.05, 0) is 54.7 Å². The van der Waals surface area contributed by atoms with Crippen LogP contribution in [0.2, 0.25) is 0 Å². The summed E-state index contributed by atoms with van der Waals surface area (Å²) < 4.78 is 15.8. The number of aliphatic hydroxyl groups is 3. The summed E-state index contributed by atoms with van der Waals surface area (Å²) >= 11 is 0. The molecule has 3 rings (SSSR count). The molecule has 162 valence electrons. The van der Waals surface area contributed by atoms with Gasteiger partial charge in [0, 0.05) is 0 Å². The van der Waals surface area contributed by atoms with Gasteiger partial charge in [0.05, 0.1) is 13.7 Å². The van der Waals surface area contributed by atoms with Gasteiger partial charge in [0.15, 0.2) is 6.10 Å². The fraction of sp³-hybridized carbons (Fsp3) is 0.435. The van der Waals surface area contributed by atoms with Crippen LogP contribution in [-0.2, 0) is 20.7 Å². The van der Waals surface area contributed by atoms with Gasteiger partial charge in [-0.15, -0.1) is 0 Å². The first-order valence-corrected chi connectivity index (χ1v) is 9.94. The Bertz CT molecular complexity index is 864. The minimum Gasteiger partial charge on any atom is -0.494 e. The van der Waals surface area contributed by atoms with Gasteiger partial charge in [0.1, 0.15) is 30.2 Å². The molecule has 1 heterocycles. The molecule has 7 heteroatoms. The van der Waals surface area contributed by atoms with Gasteiger partial charge >= 0.3 is 5.97 Å². The van der Waals surface area contributed by atoms with Gasteiger partial charge in [-0.1, -0.05) is 30.3 Å². The summed E-state index contributed by atoms with van der Waals surface area (Å²) in [5.74, 6) is 0.00650. The fourth-order valence-corrected chi connectivity index (χ4v) is 3.61. The third kappa shape index (κ3) is 4.65. The maximum Gasteiger partial charge on any atom is 0.337 e. The minimum atomic E-state index is -1.57. The lowest BCUT2D eigenvalue weighted by atomic mass is 9.89. The van der Waals surface area contributed by atoms with E-state index in [9.17, 15) is 20.1 Å². The van der Waals surface area contributed by atoms with Crippen LogP contribution < -0.4 is 4.74 Å². The molecular weight excluding hydrogens is 388 g/mol. The number of ether oxygens (including phenoxy) is 3. The Kier molecular flexibility index (Phi) is 7.10. The highest BCUT2D eigenvalue weighted by Gasteiger charge is 2.47. The summed E-state index contributed by atoms with van der Waals surface area (Å²) in [5.41, 5.74) is 3.77. The van der Waals surface area contributed by atoms with Crippen LogP contribution in [0.4, 0.5) is 0 Å². The van der Waals surface area contributed by atoms with Gasteiger partial charge in [0.25, 0.3) is 0 Å². The number of hydrogen-bond acceptors (Lipinski definition) is 7. The highest BCUT2D eigenvalue weighted by atomic mass is 16.6. The van der Waals surface area contributed by atoms with E-state index in [0.717, 1.165) is 22.4 Å². The van der Waals surface area contributed by atoms with Crippen molar-refractivity contribution in [3.8, 4) is 5.75 Å². The lowest BCUT2D eigenvalue weighted by Gasteiger charge is -2.39. The quantitative estimate of drug-likeness (QED) is 0.615. The molecule has 3 N–H and O–H groups in total. The van der Waals surface area contributed by atoms with Gasteiger partial charge in [-0.25, -0.2) is 4.79 Å². The molecule has 0 aromatic heterocycles. The predicted molar refractivity (Wildman–Crippen MR) is 109 cm³/mol. The van der Waals surface area contributed by atoms with Crippen molar-refractivity contribution in [3.63, 3.8) is 0 Å². The largest absolute Gasteiger partial charge is 0.494 e. The minimum absolute atomic E-state index is 0.605. The Morgan fingerprint density at radius 2 is 1.73 bits per heavy atom. The summed E-state index contributed by atoms with van der Waals surface area (Å²) in [6, 6.07) is 13.4. The Hall–Kier alpha value is -2.45. The average molecular weight is 416 g/mol. The second-order valence-corrected chi connectivity index (χ2v) is 7.41. The molecule has 5 atom stereocenters. The smallest absolute Gasteiger partial charge is 0.337 e. The van der Waals surface area contributed by atoms with E-state index in [4.69, 9.17) is 9.47 Å². The fourth-order valence-electron chi connectivity index (χ4n) is 3.61. The molecule has 0 amide bonds. The van der Waals surface area contributed by atoms with Crippen LogP contribution in [0.25, 0.3) is 0 Å². The number of benzene rings is 2. The molecule has 1 aliphatic rings. The number of carbonyl (C=O) groups excluding carboxylic acids is 1. The van der Waals surface area contributed by atoms with Crippen LogP contribution in [0.15, 0.2) is 42.5 Å². The van der Waals surface area contributed by atoms with E-state index in [0.29, 0.717) is 18.6 Å². The maximum atomic E-state index is 11.9. The van der Waals surface area contributed by atoms with E-state index in [1.165, 1.54) is 7.11 Å². The molecule has 1 saturated heterocycles. The summed E-state index contributed by atoms with van der Waals surface area (Å²) in [6.07, 6.45) is -6.20. The van der Waals surface area contributed by atoms with Crippen molar-refractivity contribution in [2.45, 2.75) is 50.8 Å². The SMILES string of the molecule is CCOc1ccc(Cc2cc([C@@H]3O[C@H](C(=O)OC)[C@@H](O)[C@H](O)[C@H]3O)ccc2C)cc1. The Labute approximate surface area is 175 Å². The van der Waals surface area contributed by atoms with E-state index >= 15 is 0 Å². The second kappa shape index (κ2) is 9.57. The number of carbonyl (C=O) groups is 1. The van der Waals surface area contributed by atoms with Crippen molar-refractivity contribution in [1.29, 1.82) is 0 Å². The van der Waals surface area contributed by atoms with Crippen LogP contribution in [0.5, 0.6) is 5.75 Å². The predicted octanol–water partition coefficient (Wildman–Crippen LogP) is 1.68. The van der Waals surface area contributed by atoms with Gasteiger partial charge in [0.2, 0.25) is 0 Å². The molecule has 30 heavy (non-hydrogen) atoms. The van der Waals surface area contributed by atoms with E-state index < -0.39 is 36.5 Å². The van der Waals surface area contributed by atoms with Gasteiger partial charge in [-0.3, -0.25) is 0 Å². The van der Waals surface area contributed by atoms with Crippen LogP contribution in [0.1, 0.15) is 35.3 Å². The second-order valence-electron chi connectivity index (χ2n) is 7.41. The van der Waals surface area contributed by atoms with E-state index in [1.807, 2.05) is 50.2 Å². The van der Waals surface area contributed by atoms with E-state index in [1.54, 1.807) is 6.07 Å². The van der Waals surface area contributed by atoms with Crippen molar-refractivity contribution in [1.82, 2.24) is 0 Å². The number of aliphatic hydroxyl groups excluding tert-OH is 3. The zero-order valence-electron chi connectivity index (χ0n) is 17.3. The Morgan fingerprint density at radius 3 is 2.37 bits per heavy atom. The summed E-state index contributed by atoms with van der Waals surface area (Å²) in [5, 5.41) is 30.8. The van der Waals surface area contributed by atoms with Crippen LogP contribution >= 0.6 is 0 Å². The molecule has 7 nitrogen and oxygen atoms in total. The van der Waals surface area contributed by atoms with Crippen molar-refractivity contribution >= 4 is 5.97 Å². The molecule has 0 aliphatic carbocycles. The first kappa shape index (κ1) is 22.2. The molecule has 1 fully saturated rings. The zero-order valence-corrected chi connectivity index (χ0v) is 17.3. The van der Waals surface area contributed by atoms with Crippen LogP contribution in [-0.4, -0.2) is 59.4 Å². The highest BCUT2D eigenvalue weighted by Crippen LogP contribution is 2.34. The number of hydrogen-bond donors (Lipinski definition) is 3. The van der Waals surface area contributed by atoms with E-state index in [2.05, 4.69) is 4.74 Å². The van der Waals surface area contributed by atoms with Crippen molar-refractivity contribution in [2.75, 3.05) is 13.7 Å². The molecular formula is C23H28O7. The van der Waals surface area contributed by atoms with Crippen molar-refractivity contribution in [2.24, 2.45) is 0 Å². The molecule has 0 bridgehead atoms. The first-order chi connectivity index (χ1) is 14.3. The summed E-state index contributed by atoms with van der Waals surface area (Å²) in [6.45, 7) is 4.53. The molecule has 0 radical (unpaired) electrons. The third-order valence-corrected chi connectivity index (χ3v) is 5.38. The van der Waals surface area contributed by atoms with Crippen molar-refractivity contribution in [3.05, 3.63) is 64.7 Å². The van der Waals surface area contributed by atoms with Crippen molar-refractivity contribution < 1.29 is 34.3 Å². The monoisotopic (exact) mass is 416 g/mol. The molecule has 1 aliphatic heterocycles. The summed E-state index contributed by atoms with van der Waals surface area (Å²) in [4.78, 5) is 11.9. The van der Waals surface area contributed by atoms with Gasteiger partial charge in [-0.2, -0.15) is 0 Å². The number of rotatable bonds is 6. The molecule has 0 unspecified atom stereocenters. The Morgan fingerprint density at radius 1 is 1.03 bits per heavy atom. The molecule has 0 saturated carbocycles. The average Bonchev–Trinajstić information content (AvgIpc) is 2.75. The normalized spacial score (nSPS) is 26.3. The molecule has 2 aromatic carbocycles. The lowest BCUT2D eigenvalue weighted by Crippen LogP contribution is -2.56. The Balaban J connectivity index is 1.85. The number of aryl methyl sites for hydroxylation is 1. The lowest BCUT2D eigenvalue weighted by molar-refractivity contribution is -0.231. The topological polar surface area (TPSA) is 105 Å². The maximum absolute atomic E-state index is 11.9. The van der Waals surface area contributed by atoms with Crippen LogP contribution in [0.3, 0.4) is 0 Å². The first-order valence-electron chi connectivity index (χ1n) is 9.94. The standard InChI is InChI=1S/C23H28O7/c1-4-29-17-9-6-14(7-10-17)11-16-12-15(8-5-13(16)2)21-19(25)18(24)20(26)22(30-21)23(27)28-3/h5-10,12,18-22,24-26H,4,11H2,1-3H3/t18-,19-,20+,21+,22+/m1/s1.